The molecule has 1 heterocycles. The summed E-state index contributed by atoms with van der Waals surface area (Å²) in [5, 5.41) is 16.1. The smallest absolute Gasteiger partial charge is 0.273 e. The standard InChI is InChI=1S/C18H16F2N4O/c1-18(2,8-21)22-17(25)15-12-6-9-5-11(9)16(12)24(23-15)14-4-3-10(19)7-13(14)20/h3-4,7,9,11H,5-6H2,1-2H3,(H,22,25)/t9-,11-/m1/s1. The average molecular weight is 342 g/mol. The summed E-state index contributed by atoms with van der Waals surface area (Å²) in [6.45, 7) is 3.19. The maximum atomic E-state index is 14.2. The molecule has 0 saturated heterocycles. The quantitative estimate of drug-likeness (QED) is 0.932. The molecule has 2 aliphatic carbocycles. The van der Waals surface area contributed by atoms with Gasteiger partial charge in [-0.3, -0.25) is 4.79 Å². The summed E-state index contributed by atoms with van der Waals surface area (Å²) >= 11 is 0. The Morgan fingerprint density at radius 1 is 1.44 bits per heavy atom. The summed E-state index contributed by atoms with van der Waals surface area (Å²) in [6, 6.07) is 5.32. The monoisotopic (exact) mass is 342 g/mol. The molecule has 0 aliphatic heterocycles. The molecule has 2 aliphatic rings. The molecule has 0 radical (unpaired) electrons. The molecule has 1 N–H and O–H groups in total. The minimum absolute atomic E-state index is 0.129. The van der Waals surface area contributed by atoms with Crippen LogP contribution in [0, 0.1) is 28.9 Å². The zero-order valence-corrected chi connectivity index (χ0v) is 13.8. The Morgan fingerprint density at radius 3 is 2.88 bits per heavy atom. The number of amides is 1. The third-order valence-electron chi connectivity index (χ3n) is 4.82. The third kappa shape index (κ3) is 2.49. The van der Waals surface area contributed by atoms with Crippen LogP contribution in [0.1, 0.15) is 47.9 Å². The first-order valence-electron chi connectivity index (χ1n) is 8.11. The number of benzene rings is 1. The Morgan fingerprint density at radius 2 is 2.20 bits per heavy atom. The van der Waals surface area contributed by atoms with E-state index in [2.05, 4.69) is 10.4 Å². The van der Waals surface area contributed by atoms with Gasteiger partial charge in [0.2, 0.25) is 0 Å². The van der Waals surface area contributed by atoms with Gasteiger partial charge in [-0.05, 0) is 44.7 Å². The normalized spacial score (nSPS) is 20.6. The van der Waals surface area contributed by atoms with Gasteiger partial charge in [-0.25, -0.2) is 13.5 Å². The second-order valence-corrected chi connectivity index (χ2v) is 7.22. The van der Waals surface area contributed by atoms with Gasteiger partial charge in [-0.1, -0.05) is 0 Å². The molecule has 5 nitrogen and oxygen atoms in total. The first kappa shape index (κ1) is 15.8. The number of halogens is 2. The molecule has 0 unspecified atom stereocenters. The number of nitrogens with zero attached hydrogens (tertiary/aromatic N) is 3. The van der Waals surface area contributed by atoms with Crippen LogP contribution < -0.4 is 5.32 Å². The van der Waals surface area contributed by atoms with Gasteiger partial charge < -0.3 is 5.32 Å². The van der Waals surface area contributed by atoms with E-state index in [0.29, 0.717) is 5.92 Å². The van der Waals surface area contributed by atoms with Crippen LogP contribution in [-0.4, -0.2) is 21.2 Å². The minimum atomic E-state index is -1.03. The number of carbonyl (C=O) groups is 1. The highest BCUT2D eigenvalue weighted by Crippen LogP contribution is 2.57. The van der Waals surface area contributed by atoms with Crippen molar-refractivity contribution in [2.75, 3.05) is 0 Å². The Bertz CT molecular complexity index is 941. The van der Waals surface area contributed by atoms with E-state index in [9.17, 15) is 13.6 Å². The minimum Gasteiger partial charge on any atom is -0.333 e. The van der Waals surface area contributed by atoms with Crippen LogP contribution in [0.4, 0.5) is 8.78 Å². The van der Waals surface area contributed by atoms with E-state index in [4.69, 9.17) is 5.26 Å². The molecule has 2 aromatic rings. The Balaban J connectivity index is 1.80. The Labute approximate surface area is 143 Å². The lowest BCUT2D eigenvalue weighted by atomic mass is 10.1. The third-order valence-corrected chi connectivity index (χ3v) is 4.82. The Kier molecular flexibility index (Phi) is 3.23. The van der Waals surface area contributed by atoms with E-state index < -0.39 is 23.1 Å². The lowest BCUT2D eigenvalue weighted by Gasteiger charge is -2.16. The number of nitriles is 1. The van der Waals surface area contributed by atoms with Crippen LogP contribution in [0.3, 0.4) is 0 Å². The predicted molar refractivity (Wildman–Crippen MR) is 85.2 cm³/mol. The first-order chi connectivity index (χ1) is 11.8. The molecule has 1 fully saturated rings. The van der Waals surface area contributed by atoms with Gasteiger partial charge in [-0.2, -0.15) is 10.4 Å². The van der Waals surface area contributed by atoms with E-state index in [1.165, 1.54) is 16.8 Å². The molecule has 7 heteroatoms. The Hall–Kier alpha value is -2.75. The van der Waals surface area contributed by atoms with E-state index in [1.807, 2.05) is 6.07 Å². The number of fused-ring (bicyclic) bond motifs is 3. The predicted octanol–water partition coefficient (Wildman–Crippen LogP) is 2.84. The van der Waals surface area contributed by atoms with Gasteiger partial charge in [0.15, 0.2) is 11.5 Å². The average Bonchev–Trinajstić information content (AvgIpc) is 3.04. The summed E-state index contributed by atoms with van der Waals surface area (Å²) < 4.78 is 28.9. The van der Waals surface area contributed by atoms with E-state index in [0.717, 1.165) is 30.2 Å². The molecule has 1 saturated carbocycles. The van der Waals surface area contributed by atoms with Crippen molar-refractivity contribution >= 4 is 5.91 Å². The van der Waals surface area contributed by atoms with Crippen LogP contribution in [0.2, 0.25) is 0 Å². The topological polar surface area (TPSA) is 70.7 Å². The van der Waals surface area contributed by atoms with E-state index in [1.54, 1.807) is 13.8 Å². The molecular formula is C18H16F2N4O. The van der Waals surface area contributed by atoms with Crippen molar-refractivity contribution in [1.82, 2.24) is 15.1 Å². The van der Waals surface area contributed by atoms with Crippen molar-refractivity contribution in [3.63, 3.8) is 0 Å². The van der Waals surface area contributed by atoms with Crippen LogP contribution in [0.25, 0.3) is 5.69 Å². The van der Waals surface area contributed by atoms with Gasteiger partial charge in [0, 0.05) is 17.5 Å². The highest BCUT2D eigenvalue weighted by atomic mass is 19.1. The molecule has 128 valence electrons. The van der Waals surface area contributed by atoms with Gasteiger partial charge >= 0.3 is 0 Å². The van der Waals surface area contributed by atoms with Gasteiger partial charge in [-0.15, -0.1) is 0 Å². The molecule has 0 bridgehead atoms. The lowest BCUT2D eigenvalue weighted by Crippen LogP contribution is -2.42. The number of carbonyl (C=O) groups excluding carboxylic acids is 1. The SMILES string of the molecule is CC(C)(C#N)NC(=O)c1nn(-c2ccc(F)cc2F)c2c1C[C@H]1C[C@@H]21. The molecule has 2 atom stereocenters. The van der Waals surface area contributed by atoms with Crippen molar-refractivity contribution < 1.29 is 13.6 Å². The van der Waals surface area contributed by atoms with Crippen LogP contribution in [0.5, 0.6) is 0 Å². The summed E-state index contributed by atoms with van der Waals surface area (Å²) in [4.78, 5) is 12.6. The number of rotatable bonds is 3. The number of nitrogens with one attached hydrogen (secondary N) is 1. The highest BCUT2D eigenvalue weighted by Gasteiger charge is 2.50. The summed E-state index contributed by atoms with van der Waals surface area (Å²) in [5.74, 6) is -1.12. The van der Waals surface area contributed by atoms with Crippen molar-refractivity contribution in [3.05, 3.63) is 46.8 Å². The van der Waals surface area contributed by atoms with Crippen molar-refractivity contribution in [1.29, 1.82) is 5.26 Å². The zero-order valence-electron chi connectivity index (χ0n) is 13.8. The number of hydrogen-bond donors (Lipinski definition) is 1. The van der Waals surface area contributed by atoms with Crippen molar-refractivity contribution in [2.45, 2.75) is 38.1 Å². The fourth-order valence-corrected chi connectivity index (χ4v) is 3.51. The number of aromatic nitrogens is 2. The van der Waals surface area contributed by atoms with Crippen LogP contribution in [0.15, 0.2) is 18.2 Å². The highest BCUT2D eigenvalue weighted by molar-refractivity contribution is 5.95. The summed E-state index contributed by atoms with van der Waals surface area (Å²) in [7, 11) is 0. The maximum absolute atomic E-state index is 14.2. The summed E-state index contributed by atoms with van der Waals surface area (Å²) in [6.07, 6.45) is 1.71. The summed E-state index contributed by atoms with van der Waals surface area (Å²) in [5.41, 5.74) is 0.945. The van der Waals surface area contributed by atoms with Crippen molar-refractivity contribution in [2.24, 2.45) is 5.92 Å². The molecule has 4 rings (SSSR count). The molecule has 1 aromatic carbocycles. The zero-order chi connectivity index (χ0) is 17.9. The van der Waals surface area contributed by atoms with Crippen LogP contribution >= 0.6 is 0 Å². The van der Waals surface area contributed by atoms with Gasteiger partial charge in [0.05, 0.1) is 11.8 Å². The second-order valence-electron chi connectivity index (χ2n) is 7.22. The molecule has 1 aromatic heterocycles. The molecular weight excluding hydrogens is 326 g/mol. The van der Waals surface area contributed by atoms with Gasteiger partial charge in [0.25, 0.3) is 5.91 Å². The molecule has 25 heavy (non-hydrogen) atoms. The number of hydrogen-bond acceptors (Lipinski definition) is 3. The fraction of sp³-hybridized carbons (Fsp3) is 0.389. The van der Waals surface area contributed by atoms with Crippen molar-refractivity contribution in [3.8, 4) is 11.8 Å². The van der Waals surface area contributed by atoms with Gasteiger partial charge in [0.1, 0.15) is 17.0 Å². The lowest BCUT2D eigenvalue weighted by molar-refractivity contribution is 0.0922. The second kappa shape index (κ2) is 5.12. The molecule has 0 spiro atoms. The fourth-order valence-electron chi connectivity index (χ4n) is 3.51. The molecule has 1 amide bonds. The first-order valence-corrected chi connectivity index (χ1v) is 8.11. The van der Waals surface area contributed by atoms with E-state index in [-0.39, 0.29) is 17.3 Å². The largest absolute Gasteiger partial charge is 0.333 e. The maximum Gasteiger partial charge on any atom is 0.273 e. The van der Waals surface area contributed by atoms with Crippen LogP contribution in [-0.2, 0) is 6.42 Å². The van der Waals surface area contributed by atoms with E-state index >= 15 is 0 Å².